The fourth-order valence-electron chi connectivity index (χ4n) is 2.98. The maximum atomic E-state index is 13.2. The third-order valence-corrected chi connectivity index (χ3v) is 4.44. The molecule has 3 rings (SSSR count). The molecule has 2 amide bonds. The van der Waals surface area contributed by atoms with Gasteiger partial charge in [-0.25, -0.2) is 0 Å². The first-order valence-electron chi connectivity index (χ1n) is 9.85. The van der Waals surface area contributed by atoms with Crippen LogP contribution in [0.25, 0.3) is 0 Å². The van der Waals surface area contributed by atoms with Gasteiger partial charge in [0.05, 0.1) is 24.7 Å². The highest BCUT2D eigenvalue weighted by Crippen LogP contribution is 2.23. The smallest absolute Gasteiger partial charge is 0.258 e. The summed E-state index contributed by atoms with van der Waals surface area (Å²) < 4.78 is 5.46. The molecular weight excluding hydrogens is 392 g/mol. The Morgan fingerprint density at radius 2 is 1.87 bits per heavy atom. The Morgan fingerprint density at radius 1 is 1.10 bits per heavy atom. The maximum absolute atomic E-state index is 13.2. The van der Waals surface area contributed by atoms with Crippen LogP contribution in [0.5, 0.6) is 5.75 Å². The number of pyridine rings is 1. The summed E-state index contributed by atoms with van der Waals surface area (Å²) in [5.74, 6) is 0.126. The summed E-state index contributed by atoms with van der Waals surface area (Å²) in [6.45, 7) is 2.69. The summed E-state index contributed by atoms with van der Waals surface area (Å²) in [4.78, 5) is 31.1. The number of nitrogens with one attached hydrogen (secondary N) is 1. The number of carbonyl (C=O) groups excluding carboxylic acids is 2. The molecule has 0 radical (unpaired) electrons. The second kappa shape index (κ2) is 10.6. The Labute approximate surface area is 180 Å². The quantitative estimate of drug-likeness (QED) is 0.593. The lowest BCUT2D eigenvalue weighted by Gasteiger charge is -2.22. The molecule has 3 aromatic rings. The van der Waals surface area contributed by atoms with Crippen molar-refractivity contribution >= 4 is 23.2 Å². The summed E-state index contributed by atoms with van der Waals surface area (Å²) in [5, 5.41) is 11.8. The molecule has 7 heteroatoms. The van der Waals surface area contributed by atoms with Crippen LogP contribution >= 0.6 is 0 Å². The molecule has 0 aliphatic heterocycles. The van der Waals surface area contributed by atoms with Gasteiger partial charge < -0.3 is 15.0 Å². The summed E-state index contributed by atoms with van der Waals surface area (Å²) in [5.41, 5.74) is 1.97. The standard InChI is InChI=1S/C24H22N4O3/c1-2-31-22-11-9-21(10-12-22)28(15-5-13-25)24(30)18-6-3-8-20(16-18)27-23(29)19-7-4-14-26-17-19/h3-4,6-12,14,16-17H,2,5,15H2,1H3,(H,27,29). The lowest BCUT2D eigenvalue weighted by atomic mass is 10.1. The number of nitrogens with zero attached hydrogens (tertiary/aromatic N) is 3. The zero-order valence-electron chi connectivity index (χ0n) is 17.1. The number of amides is 2. The van der Waals surface area contributed by atoms with Gasteiger partial charge in [-0.15, -0.1) is 0 Å². The molecule has 0 bridgehead atoms. The van der Waals surface area contributed by atoms with Gasteiger partial charge in [0.1, 0.15) is 5.75 Å². The minimum atomic E-state index is -0.314. The number of hydrogen-bond acceptors (Lipinski definition) is 5. The van der Waals surface area contributed by atoms with Crippen molar-refractivity contribution in [1.29, 1.82) is 5.26 Å². The Hall–Kier alpha value is -4.18. The van der Waals surface area contributed by atoms with Crippen LogP contribution < -0.4 is 15.0 Å². The van der Waals surface area contributed by atoms with Gasteiger partial charge in [0, 0.05) is 35.9 Å². The van der Waals surface area contributed by atoms with E-state index in [2.05, 4.69) is 16.4 Å². The van der Waals surface area contributed by atoms with Gasteiger partial charge in [0.2, 0.25) is 0 Å². The fraction of sp³-hybridized carbons (Fsp3) is 0.167. The number of hydrogen-bond donors (Lipinski definition) is 1. The van der Waals surface area contributed by atoms with Crippen LogP contribution in [0.15, 0.2) is 73.1 Å². The number of anilines is 2. The van der Waals surface area contributed by atoms with Gasteiger partial charge in [-0.2, -0.15) is 5.26 Å². The molecule has 1 aromatic heterocycles. The molecule has 0 saturated carbocycles. The van der Waals surface area contributed by atoms with Crippen LogP contribution in [0.3, 0.4) is 0 Å². The molecule has 0 unspecified atom stereocenters. The van der Waals surface area contributed by atoms with Crippen molar-refractivity contribution in [2.75, 3.05) is 23.4 Å². The number of rotatable bonds is 8. The number of aromatic nitrogens is 1. The third-order valence-electron chi connectivity index (χ3n) is 4.44. The largest absolute Gasteiger partial charge is 0.494 e. The van der Waals surface area contributed by atoms with Crippen molar-refractivity contribution in [2.24, 2.45) is 0 Å². The van der Waals surface area contributed by atoms with Crippen LogP contribution in [-0.2, 0) is 0 Å². The lowest BCUT2D eigenvalue weighted by Crippen LogP contribution is -2.31. The van der Waals surface area contributed by atoms with E-state index >= 15 is 0 Å². The molecule has 0 fully saturated rings. The van der Waals surface area contributed by atoms with E-state index in [1.54, 1.807) is 71.8 Å². The predicted molar refractivity (Wildman–Crippen MR) is 118 cm³/mol. The van der Waals surface area contributed by atoms with Gasteiger partial charge in [-0.3, -0.25) is 14.6 Å². The summed E-state index contributed by atoms with van der Waals surface area (Å²) >= 11 is 0. The second-order valence-corrected chi connectivity index (χ2v) is 6.57. The molecule has 0 aliphatic rings. The SMILES string of the molecule is CCOc1ccc(N(CCC#N)C(=O)c2cccc(NC(=O)c3cccnc3)c2)cc1. The molecule has 0 atom stereocenters. The molecule has 7 nitrogen and oxygen atoms in total. The van der Waals surface area contributed by atoms with Gasteiger partial charge in [0.25, 0.3) is 11.8 Å². The number of benzene rings is 2. The van der Waals surface area contributed by atoms with Crippen LogP contribution in [0.2, 0.25) is 0 Å². The van der Waals surface area contributed by atoms with Crippen molar-refractivity contribution in [3.05, 3.63) is 84.2 Å². The highest BCUT2D eigenvalue weighted by Gasteiger charge is 2.18. The van der Waals surface area contributed by atoms with Crippen molar-refractivity contribution in [3.8, 4) is 11.8 Å². The average molecular weight is 414 g/mol. The number of carbonyl (C=O) groups is 2. The van der Waals surface area contributed by atoms with E-state index < -0.39 is 0 Å². The molecule has 156 valence electrons. The van der Waals surface area contributed by atoms with Crippen LogP contribution in [0.4, 0.5) is 11.4 Å². The normalized spacial score (nSPS) is 10.1. The summed E-state index contributed by atoms with van der Waals surface area (Å²) in [6.07, 6.45) is 3.25. The predicted octanol–water partition coefficient (Wildman–Crippen LogP) is 4.29. The molecule has 1 heterocycles. The van der Waals surface area contributed by atoms with Crippen molar-refractivity contribution in [2.45, 2.75) is 13.3 Å². The molecule has 31 heavy (non-hydrogen) atoms. The van der Waals surface area contributed by atoms with E-state index in [0.29, 0.717) is 34.9 Å². The maximum Gasteiger partial charge on any atom is 0.258 e. The molecule has 0 aliphatic carbocycles. The second-order valence-electron chi connectivity index (χ2n) is 6.57. The molecule has 0 spiro atoms. The average Bonchev–Trinajstić information content (AvgIpc) is 2.81. The van der Waals surface area contributed by atoms with Crippen LogP contribution in [0.1, 0.15) is 34.1 Å². The summed E-state index contributed by atoms with van der Waals surface area (Å²) in [6, 6.07) is 19.3. The zero-order valence-corrected chi connectivity index (χ0v) is 17.1. The van der Waals surface area contributed by atoms with E-state index in [0.717, 1.165) is 0 Å². The van der Waals surface area contributed by atoms with Crippen LogP contribution in [0, 0.1) is 11.3 Å². The first kappa shape index (κ1) is 21.5. The van der Waals surface area contributed by atoms with Crippen molar-refractivity contribution < 1.29 is 14.3 Å². The van der Waals surface area contributed by atoms with E-state index in [1.165, 1.54) is 6.20 Å². The van der Waals surface area contributed by atoms with Crippen molar-refractivity contribution in [3.63, 3.8) is 0 Å². The zero-order chi connectivity index (χ0) is 22.1. The molecule has 0 saturated heterocycles. The fourth-order valence-corrected chi connectivity index (χ4v) is 2.98. The number of ether oxygens (including phenoxy) is 1. The van der Waals surface area contributed by atoms with E-state index in [4.69, 9.17) is 10.00 Å². The van der Waals surface area contributed by atoms with E-state index in [1.807, 2.05) is 6.92 Å². The molecular formula is C24H22N4O3. The topological polar surface area (TPSA) is 95.3 Å². The Morgan fingerprint density at radius 3 is 2.55 bits per heavy atom. The minimum Gasteiger partial charge on any atom is -0.494 e. The van der Waals surface area contributed by atoms with Crippen molar-refractivity contribution in [1.82, 2.24) is 4.98 Å². The van der Waals surface area contributed by atoms with Gasteiger partial charge >= 0.3 is 0 Å². The monoisotopic (exact) mass is 414 g/mol. The Kier molecular flexibility index (Phi) is 7.33. The first-order valence-corrected chi connectivity index (χ1v) is 9.85. The Balaban J connectivity index is 1.81. The molecule has 2 aromatic carbocycles. The highest BCUT2D eigenvalue weighted by atomic mass is 16.5. The van der Waals surface area contributed by atoms with E-state index in [-0.39, 0.29) is 24.8 Å². The lowest BCUT2D eigenvalue weighted by molar-refractivity contribution is 0.0984. The van der Waals surface area contributed by atoms with Gasteiger partial charge in [0.15, 0.2) is 0 Å². The van der Waals surface area contributed by atoms with Gasteiger partial charge in [-0.1, -0.05) is 6.07 Å². The van der Waals surface area contributed by atoms with Crippen LogP contribution in [-0.4, -0.2) is 29.9 Å². The van der Waals surface area contributed by atoms with Gasteiger partial charge in [-0.05, 0) is 61.5 Å². The first-order chi connectivity index (χ1) is 15.1. The Bertz CT molecular complexity index is 1080. The minimum absolute atomic E-state index is 0.191. The summed E-state index contributed by atoms with van der Waals surface area (Å²) in [7, 11) is 0. The number of nitriles is 1. The van der Waals surface area contributed by atoms with E-state index in [9.17, 15) is 9.59 Å². The molecule has 1 N–H and O–H groups in total. The third kappa shape index (κ3) is 5.67. The highest BCUT2D eigenvalue weighted by molar-refractivity contribution is 6.08.